The summed E-state index contributed by atoms with van der Waals surface area (Å²) in [6.07, 6.45) is 1.56. The molecule has 2 aromatic carbocycles. The third kappa shape index (κ3) is 4.76. The predicted octanol–water partition coefficient (Wildman–Crippen LogP) is 3.84. The van der Waals surface area contributed by atoms with Gasteiger partial charge >= 0.3 is 0 Å². The van der Waals surface area contributed by atoms with Gasteiger partial charge in [-0.2, -0.15) is 4.31 Å². The minimum Gasteiger partial charge on any atom is -0.451 e. The van der Waals surface area contributed by atoms with E-state index in [1.54, 1.807) is 30.3 Å². The molecule has 6 nitrogen and oxygen atoms in total. The van der Waals surface area contributed by atoms with Gasteiger partial charge in [0.2, 0.25) is 10.0 Å². The van der Waals surface area contributed by atoms with Gasteiger partial charge in [-0.15, -0.1) is 0 Å². The van der Waals surface area contributed by atoms with Gasteiger partial charge in [0.05, 0.1) is 5.56 Å². The summed E-state index contributed by atoms with van der Waals surface area (Å²) in [6.45, 7) is 0.863. The molecule has 0 aliphatic carbocycles. The maximum atomic E-state index is 13.9. The number of halogens is 1. The second kappa shape index (κ2) is 8.87. The van der Waals surface area contributed by atoms with Crippen molar-refractivity contribution in [3.63, 3.8) is 0 Å². The number of benzene rings is 2. The van der Waals surface area contributed by atoms with E-state index in [-0.39, 0.29) is 49.2 Å². The third-order valence-corrected chi connectivity index (χ3v) is 6.64. The number of rotatable bonds is 5. The average molecular weight is 440 g/mol. The van der Waals surface area contributed by atoms with Gasteiger partial charge in [0, 0.05) is 31.6 Å². The van der Waals surface area contributed by atoms with E-state index in [2.05, 4.69) is 0 Å². The van der Waals surface area contributed by atoms with Crippen molar-refractivity contribution in [1.82, 2.24) is 9.21 Å². The highest BCUT2D eigenvalue weighted by molar-refractivity contribution is 7.92. The number of furan rings is 1. The highest BCUT2D eigenvalue weighted by atomic mass is 32.2. The molecule has 1 aliphatic rings. The fourth-order valence-electron chi connectivity index (χ4n) is 3.37. The molecule has 31 heavy (non-hydrogen) atoms. The van der Waals surface area contributed by atoms with E-state index in [0.29, 0.717) is 0 Å². The Kier molecular flexibility index (Phi) is 6.01. The third-order valence-electron chi connectivity index (χ3n) is 5.07. The molecule has 1 fully saturated rings. The second-order valence-corrected chi connectivity index (χ2v) is 8.91. The number of carbonyl (C=O) groups is 1. The topological polar surface area (TPSA) is 70.8 Å². The number of piperazine rings is 1. The first-order valence-electron chi connectivity index (χ1n) is 9.81. The van der Waals surface area contributed by atoms with Crippen LogP contribution in [0.2, 0.25) is 0 Å². The summed E-state index contributed by atoms with van der Waals surface area (Å²) in [6, 6.07) is 18.4. The number of nitrogens with zero attached hydrogens (tertiary/aromatic N) is 2. The van der Waals surface area contributed by atoms with Crippen LogP contribution in [0.4, 0.5) is 4.39 Å². The minimum atomic E-state index is -3.58. The molecule has 1 saturated heterocycles. The van der Waals surface area contributed by atoms with Crippen LogP contribution in [0.3, 0.4) is 0 Å². The van der Waals surface area contributed by atoms with Crippen molar-refractivity contribution in [3.05, 3.63) is 89.3 Å². The highest BCUT2D eigenvalue weighted by Crippen LogP contribution is 2.25. The maximum Gasteiger partial charge on any atom is 0.289 e. The summed E-state index contributed by atoms with van der Waals surface area (Å²) in [4.78, 5) is 14.3. The lowest BCUT2D eigenvalue weighted by atomic mass is 10.1. The average Bonchev–Trinajstić information content (AvgIpc) is 3.28. The first kappa shape index (κ1) is 21.0. The first-order chi connectivity index (χ1) is 14.9. The monoisotopic (exact) mass is 440 g/mol. The summed E-state index contributed by atoms with van der Waals surface area (Å²) in [5, 5.41) is 1.19. The van der Waals surface area contributed by atoms with Gasteiger partial charge in [-0.3, -0.25) is 4.79 Å². The van der Waals surface area contributed by atoms with Crippen molar-refractivity contribution >= 4 is 22.0 Å². The van der Waals surface area contributed by atoms with E-state index in [1.165, 1.54) is 26.7 Å². The fraction of sp³-hybridized carbons (Fsp3) is 0.174. The fourth-order valence-corrected chi connectivity index (χ4v) is 4.55. The molecule has 1 aromatic heterocycles. The number of carbonyl (C=O) groups excluding carboxylic acids is 1. The highest BCUT2D eigenvalue weighted by Gasteiger charge is 2.29. The molecule has 0 bridgehead atoms. The maximum absolute atomic E-state index is 13.9. The summed E-state index contributed by atoms with van der Waals surface area (Å²) in [7, 11) is -3.58. The SMILES string of the molecule is O=C(c1ccc(-c2ccccc2F)o1)N1CCN(S(=O)(=O)C=Cc2ccccc2)CC1. The van der Waals surface area contributed by atoms with Gasteiger partial charge in [0.25, 0.3) is 5.91 Å². The van der Waals surface area contributed by atoms with E-state index in [4.69, 9.17) is 4.42 Å². The Hall–Kier alpha value is -3.23. The van der Waals surface area contributed by atoms with Gasteiger partial charge < -0.3 is 9.32 Å². The van der Waals surface area contributed by atoms with Crippen molar-refractivity contribution in [2.45, 2.75) is 0 Å². The van der Waals surface area contributed by atoms with Crippen LogP contribution in [0, 0.1) is 5.82 Å². The van der Waals surface area contributed by atoms with Crippen LogP contribution in [0.5, 0.6) is 0 Å². The summed E-state index contributed by atoms with van der Waals surface area (Å²) in [5.41, 5.74) is 1.08. The van der Waals surface area contributed by atoms with Gasteiger partial charge in [-0.1, -0.05) is 42.5 Å². The molecule has 1 amide bonds. The minimum absolute atomic E-state index is 0.0959. The van der Waals surface area contributed by atoms with Gasteiger partial charge in [0.1, 0.15) is 11.6 Å². The lowest BCUT2D eigenvalue weighted by Crippen LogP contribution is -2.50. The quantitative estimate of drug-likeness (QED) is 0.604. The van der Waals surface area contributed by atoms with Crippen LogP contribution in [0.25, 0.3) is 17.4 Å². The van der Waals surface area contributed by atoms with Crippen LogP contribution < -0.4 is 0 Å². The Morgan fingerprint density at radius 3 is 2.29 bits per heavy atom. The van der Waals surface area contributed by atoms with E-state index in [9.17, 15) is 17.6 Å². The number of sulfonamides is 1. The van der Waals surface area contributed by atoms with E-state index < -0.39 is 15.8 Å². The first-order valence-corrected chi connectivity index (χ1v) is 11.3. The molecule has 0 unspecified atom stereocenters. The molecule has 0 atom stereocenters. The molecular formula is C23H21FN2O4S. The summed E-state index contributed by atoms with van der Waals surface area (Å²) in [5.74, 6) is -0.412. The Balaban J connectivity index is 1.39. The Labute approximate surface area is 180 Å². The lowest BCUT2D eigenvalue weighted by Gasteiger charge is -2.32. The van der Waals surface area contributed by atoms with E-state index in [0.717, 1.165) is 5.56 Å². The largest absolute Gasteiger partial charge is 0.451 e. The summed E-state index contributed by atoms with van der Waals surface area (Å²) < 4.78 is 46.0. The summed E-state index contributed by atoms with van der Waals surface area (Å²) >= 11 is 0. The van der Waals surface area contributed by atoms with Crippen molar-refractivity contribution in [1.29, 1.82) is 0 Å². The number of hydrogen-bond acceptors (Lipinski definition) is 4. The molecule has 2 heterocycles. The Morgan fingerprint density at radius 1 is 0.903 bits per heavy atom. The van der Waals surface area contributed by atoms with Crippen LogP contribution in [0.1, 0.15) is 16.1 Å². The van der Waals surface area contributed by atoms with Crippen molar-refractivity contribution in [2.24, 2.45) is 0 Å². The van der Waals surface area contributed by atoms with Crippen LogP contribution in [-0.2, 0) is 10.0 Å². The van der Waals surface area contributed by atoms with Gasteiger partial charge in [0.15, 0.2) is 5.76 Å². The Morgan fingerprint density at radius 2 is 1.58 bits per heavy atom. The standard InChI is InChI=1S/C23H21FN2O4S/c24-20-9-5-4-8-19(20)21-10-11-22(30-21)23(27)25-13-15-26(16-14-25)31(28,29)17-12-18-6-2-1-3-7-18/h1-12,17H,13-16H2. The molecule has 160 valence electrons. The zero-order valence-corrected chi connectivity index (χ0v) is 17.5. The van der Waals surface area contributed by atoms with Gasteiger partial charge in [-0.05, 0) is 35.9 Å². The van der Waals surface area contributed by atoms with Crippen LogP contribution in [-0.4, -0.2) is 49.7 Å². The molecule has 0 N–H and O–H groups in total. The number of amides is 1. The normalized spacial score (nSPS) is 15.5. The molecule has 0 radical (unpaired) electrons. The van der Waals surface area contributed by atoms with Crippen LogP contribution in [0.15, 0.2) is 76.6 Å². The van der Waals surface area contributed by atoms with Gasteiger partial charge in [-0.25, -0.2) is 12.8 Å². The number of hydrogen-bond donors (Lipinski definition) is 0. The molecule has 3 aromatic rings. The molecule has 0 saturated carbocycles. The van der Waals surface area contributed by atoms with Crippen molar-refractivity contribution in [2.75, 3.05) is 26.2 Å². The van der Waals surface area contributed by atoms with Crippen molar-refractivity contribution in [3.8, 4) is 11.3 Å². The second-order valence-electron chi connectivity index (χ2n) is 7.09. The Bertz CT molecular complexity index is 1200. The van der Waals surface area contributed by atoms with E-state index in [1.807, 2.05) is 30.3 Å². The molecule has 4 rings (SSSR count). The smallest absolute Gasteiger partial charge is 0.289 e. The predicted molar refractivity (Wildman–Crippen MR) is 116 cm³/mol. The zero-order valence-electron chi connectivity index (χ0n) is 16.6. The molecular weight excluding hydrogens is 419 g/mol. The molecule has 8 heteroatoms. The van der Waals surface area contributed by atoms with Crippen molar-refractivity contribution < 1.29 is 22.0 Å². The van der Waals surface area contributed by atoms with Crippen LogP contribution >= 0.6 is 0 Å². The van der Waals surface area contributed by atoms with E-state index >= 15 is 0 Å². The molecule has 1 aliphatic heterocycles. The zero-order chi connectivity index (χ0) is 21.8. The lowest BCUT2D eigenvalue weighted by molar-refractivity contribution is 0.0667. The molecule has 0 spiro atoms.